The highest BCUT2D eigenvalue weighted by molar-refractivity contribution is 5.57. The van der Waals surface area contributed by atoms with Gasteiger partial charge in [-0.05, 0) is 73.6 Å². The normalized spacial score (nSPS) is 31.8. The fourth-order valence-electron chi connectivity index (χ4n) is 7.01. The lowest BCUT2D eigenvalue weighted by molar-refractivity contribution is -0.161. The molecule has 2 fully saturated rings. The predicted molar refractivity (Wildman–Crippen MR) is 131 cm³/mol. The summed E-state index contributed by atoms with van der Waals surface area (Å²) in [5.41, 5.74) is 5.66. The van der Waals surface area contributed by atoms with Gasteiger partial charge < -0.3 is 4.74 Å². The molecule has 0 N–H and O–H groups in total. The maximum atomic E-state index is 7.34. The first-order valence-electron chi connectivity index (χ1n) is 12.8. The average molecular weight is 426 g/mol. The van der Waals surface area contributed by atoms with E-state index in [1.807, 2.05) is 0 Å². The van der Waals surface area contributed by atoms with Crippen molar-refractivity contribution in [2.45, 2.75) is 69.4 Å². The van der Waals surface area contributed by atoms with E-state index in [-0.39, 0.29) is 5.72 Å². The summed E-state index contributed by atoms with van der Waals surface area (Å²) >= 11 is 0. The third-order valence-corrected chi connectivity index (χ3v) is 8.31. The summed E-state index contributed by atoms with van der Waals surface area (Å²) < 4.78 is 7.34. The molecule has 0 spiro atoms. The third-order valence-electron chi connectivity index (χ3n) is 8.31. The van der Waals surface area contributed by atoms with Crippen molar-refractivity contribution < 1.29 is 4.74 Å². The Hall–Kier alpha value is -2.32. The highest BCUT2D eigenvalue weighted by atomic mass is 16.5. The van der Waals surface area contributed by atoms with Gasteiger partial charge in [0.2, 0.25) is 0 Å². The standard InChI is InChI=1S/C30H35NO/c1-3-12-23(13-4-1)22-25-16-11-18-27-29(24-14-5-2-6-15-24)26-17-7-8-19-28(26)32-30(25,27)31-20-9-10-21-31/h1-6,12-15,22,27,29H,7-11,16-21H2/b25-22+/t27-,29-,30-/m0/s1. The summed E-state index contributed by atoms with van der Waals surface area (Å²) in [6.45, 7) is 2.32. The Balaban J connectivity index is 1.55. The smallest absolute Gasteiger partial charge is 0.189 e. The molecule has 2 heteroatoms. The topological polar surface area (TPSA) is 12.5 Å². The van der Waals surface area contributed by atoms with Crippen LogP contribution in [0.3, 0.4) is 0 Å². The number of ether oxygens (including phenoxy) is 1. The number of hydrogen-bond acceptors (Lipinski definition) is 2. The Labute approximate surface area is 193 Å². The Kier molecular flexibility index (Phi) is 5.43. The van der Waals surface area contributed by atoms with E-state index in [1.54, 1.807) is 5.57 Å². The molecule has 2 nitrogen and oxygen atoms in total. The SMILES string of the molecule is C(=C1/CCC[C@H]2[C@@H](c3ccccc3)C3=C(CCCC3)O[C@@]12N1CCCC1)/c1ccccc1. The fraction of sp³-hybridized carbons (Fsp3) is 0.467. The van der Waals surface area contributed by atoms with Gasteiger partial charge in [-0.2, -0.15) is 0 Å². The molecular formula is C30H35NO. The van der Waals surface area contributed by atoms with Gasteiger partial charge in [0.05, 0.1) is 5.76 Å². The van der Waals surface area contributed by atoms with Gasteiger partial charge in [0.25, 0.3) is 0 Å². The van der Waals surface area contributed by atoms with Crippen LogP contribution < -0.4 is 0 Å². The molecule has 0 radical (unpaired) electrons. The van der Waals surface area contributed by atoms with Crippen LogP contribution in [0.5, 0.6) is 0 Å². The largest absolute Gasteiger partial charge is 0.473 e. The number of nitrogens with zero attached hydrogens (tertiary/aromatic N) is 1. The maximum absolute atomic E-state index is 7.34. The Bertz CT molecular complexity index is 1000. The molecule has 1 saturated heterocycles. The van der Waals surface area contributed by atoms with Gasteiger partial charge in [-0.25, -0.2) is 0 Å². The van der Waals surface area contributed by atoms with Crippen molar-refractivity contribution in [3.63, 3.8) is 0 Å². The minimum atomic E-state index is -0.277. The van der Waals surface area contributed by atoms with Gasteiger partial charge in [0.15, 0.2) is 5.72 Å². The number of likely N-dealkylation sites (tertiary alicyclic amines) is 1. The molecule has 32 heavy (non-hydrogen) atoms. The second-order valence-electron chi connectivity index (χ2n) is 10.1. The molecule has 2 heterocycles. The molecule has 0 amide bonds. The van der Waals surface area contributed by atoms with Crippen molar-refractivity contribution in [1.82, 2.24) is 4.90 Å². The number of benzene rings is 2. The quantitative estimate of drug-likeness (QED) is 0.511. The Morgan fingerprint density at radius 1 is 0.781 bits per heavy atom. The second kappa shape index (κ2) is 8.56. The summed E-state index contributed by atoms with van der Waals surface area (Å²) in [6.07, 6.45) is 13.6. The molecule has 0 unspecified atom stereocenters. The molecule has 2 aromatic rings. The molecule has 6 rings (SSSR count). The summed E-state index contributed by atoms with van der Waals surface area (Å²) in [4.78, 5) is 2.74. The van der Waals surface area contributed by atoms with E-state index in [0.29, 0.717) is 11.8 Å². The van der Waals surface area contributed by atoms with Crippen LogP contribution in [0.25, 0.3) is 6.08 Å². The monoisotopic (exact) mass is 425 g/mol. The van der Waals surface area contributed by atoms with Crippen molar-refractivity contribution >= 4 is 6.08 Å². The molecule has 2 aliphatic carbocycles. The van der Waals surface area contributed by atoms with Gasteiger partial charge in [0, 0.05) is 31.3 Å². The lowest BCUT2D eigenvalue weighted by Gasteiger charge is -2.57. The van der Waals surface area contributed by atoms with Gasteiger partial charge in [-0.15, -0.1) is 0 Å². The molecule has 0 aromatic heterocycles. The van der Waals surface area contributed by atoms with Crippen LogP contribution in [0, 0.1) is 5.92 Å². The van der Waals surface area contributed by atoms with Crippen LogP contribution in [0.1, 0.15) is 74.8 Å². The van der Waals surface area contributed by atoms with E-state index in [2.05, 4.69) is 71.6 Å². The van der Waals surface area contributed by atoms with Crippen molar-refractivity contribution in [1.29, 1.82) is 0 Å². The summed E-state index contributed by atoms with van der Waals surface area (Å²) in [5.74, 6) is 2.30. The zero-order chi connectivity index (χ0) is 21.4. The van der Waals surface area contributed by atoms with E-state index >= 15 is 0 Å². The first-order valence-corrected chi connectivity index (χ1v) is 12.8. The Morgan fingerprint density at radius 2 is 1.50 bits per heavy atom. The van der Waals surface area contributed by atoms with Crippen LogP contribution in [0.2, 0.25) is 0 Å². The first kappa shape index (κ1) is 20.3. The number of allylic oxidation sites excluding steroid dienone is 2. The highest BCUT2D eigenvalue weighted by Gasteiger charge is 2.58. The number of fused-ring (bicyclic) bond motifs is 1. The van der Waals surface area contributed by atoms with Gasteiger partial charge in [-0.3, -0.25) is 4.90 Å². The van der Waals surface area contributed by atoms with Crippen LogP contribution in [0.15, 0.2) is 77.6 Å². The van der Waals surface area contributed by atoms with Crippen molar-refractivity contribution in [3.8, 4) is 0 Å². The van der Waals surface area contributed by atoms with Crippen LogP contribution in [-0.2, 0) is 4.74 Å². The average Bonchev–Trinajstić information content (AvgIpc) is 3.40. The van der Waals surface area contributed by atoms with E-state index < -0.39 is 0 Å². The minimum absolute atomic E-state index is 0.277. The van der Waals surface area contributed by atoms with E-state index in [0.717, 1.165) is 25.9 Å². The predicted octanol–water partition coefficient (Wildman–Crippen LogP) is 7.30. The first-order chi connectivity index (χ1) is 15.9. The van der Waals surface area contributed by atoms with Crippen LogP contribution in [-0.4, -0.2) is 23.7 Å². The van der Waals surface area contributed by atoms with E-state index in [9.17, 15) is 0 Å². The molecule has 2 aliphatic heterocycles. The van der Waals surface area contributed by atoms with Gasteiger partial charge in [-0.1, -0.05) is 66.7 Å². The van der Waals surface area contributed by atoms with Gasteiger partial charge >= 0.3 is 0 Å². The molecule has 4 aliphatic rings. The molecular weight excluding hydrogens is 390 g/mol. The zero-order valence-electron chi connectivity index (χ0n) is 19.1. The maximum Gasteiger partial charge on any atom is 0.189 e. The van der Waals surface area contributed by atoms with Crippen molar-refractivity contribution in [3.05, 3.63) is 88.7 Å². The van der Waals surface area contributed by atoms with Crippen LogP contribution >= 0.6 is 0 Å². The summed E-state index contributed by atoms with van der Waals surface area (Å²) in [7, 11) is 0. The van der Waals surface area contributed by atoms with Crippen molar-refractivity contribution in [2.75, 3.05) is 13.1 Å². The summed E-state index contributed by atoms with van der Waals surface area (Å²) in [6, 6.07) is 22.3. The number of hydrogen-bond donors (Lipinski definition) is 0. The molecule has 3 atom stereocenters. The van der Waals surface area contributed by atoms with Crippen LogP contribution in [0.4, 0.5) is 0 Å². The second-order valence-corrected chi connectivity index (χ2v) is 10.1. The highest BCUT2D eigenvalue weighted by Crippen LogP contribution is 2.58. The number of rotatable bonds is 3. The third kappa shape index (κ3) is 3.35. The minimum Gasteiger partial charge on any atom is -0.473 e. The van der Waals surface area contributed by atoms with Crippen molar-refractivity contribution in [2.24, 2.45) is 5.92 Å². The lowest BCUT2D eigenvalue weighted by Crippen LogP contribution is -2.61. The molecule has 1 saturated carbocycles. The molecule has 166 valence electrons. The van der Waals surface area contributed by atoms with Gasteiger partial charge in [0.1, 0.15) is 0 Å². The summed E-state index contributed by atoms with van der Waals surface area (Å²) in [5, 5.41) is 0. The molecule has 2 aromatic carbocycles. The van der Waals surface area contributed by atoms with E-state index in [4.69, 9.17) is 4.74 Å². The zero-order valence-corrected chi connectivity index (χ0v) is 19.1. The Morgan fingerprint density at radius 3 is 2.28 bits per heavy atom. The fourth-order valence-corrected chi connectivity index (χ4v) is 7.01. The lowest BCUT2D eigenvalue weighted by atomic mass is 9.63. The molecule has 0 bridgehead atoms. The van der Waals surface area contributed by atoms with E-state index in [1.165, 1.54) is 67.4 Å².